The van der Waals surface area contributed by atoms with Gasteiger partial charge in [0.25, 0.3) is 0 Å². The molecule has 0 saturated carbocycles. The van der Waals surface area contributed by atoms with Crippen molar-refractivity contribution in [3.63, 3.8) is 0 Å². The predicted octanol–water partition coefficient (Wildman–Crippen LogP) is 2.15. The Morgan fingerprint density at radius 2 is 2.28 bits per heavy atom. The van der Waals surface area contributed by atoms with Crippen molar-refractivity contribution < 1.29 is 19.5 Å². The third kappa shape index (κ3) is 2.51. The van der Waals surface area contributed by atoms with Crippen LogP contribution in [0.15, 0.2) is 29.4 Å². The lowest BCUT2D eigenvalue weighted by Crippen LogP contribution is -2.21. The first kappa shape index (κ1) is 12.6. The molecule has 1 fully saturated rings. The molecule has 0 bridgehead atoms. The van der Waals surface area contributed by atoms with Gasteiger partial charge in [-0.25, -0.2) is 4.79 Å². The van der Waals surface area contributed by atoms with Crippen LogP contribution in [-0.2, 0) is 9.47 Å². The van der Waals surface area contributed by atoms with Gasteiger partial charge in [-0.15, -0.1) is 0 Å². The van der Waals surface area contributed by atoms with Gasteiger partial charge in [0.15, 0.2) is 0 Å². The van der Waals surface area contributed by atoms with Crippen LogP contribution in [-0.4, -0.2) is 30.6 Å². The summed E-state index contributed by atoms with van der Waals surface area (Å²) in [5, 5.41) is 12.1. The van der Waals surface area contributed by atoms with E-state index in [9.17, 15) is 4.79 Å². The summed E-state index contributed by atoms with van der Waals surface area (Å²) in [7, 11) is 1.35. The van der Waals surface area contributed by atoms with Crippen molar-refractivity contribution >= 4 is 11.7 Å². The fraction of sp³-hybridized carbons (Fsp3) is 0.385. The third-order valence-electron chi connectivity index (χ3n) is 2.99. The van der Waals surface area contributed by atoms with Crippen LogP contribution in [0, 0.1) is 0 Å². The highest BCUT2D eigenvalue weighted by Gasteiger charge is 2.25. The molecule has 0 radical (unpaired) electrons. The minimum Gasteiger partial charge on any atom is -0.465 e. The van der Waals surface area contributed by atoms with Crippen molar-refractivity contribution in [2.24, 2.45) is 5.16 Å². The van der Waals surface area contributed by atoms with Crippen LogP contribution in [0.5, 0.6) is 0 Å². The Morgan fingerprint density at radius 1 is 1.50 bits per heavy atom. The molecule has 1 aromatic carbocycles. The zero-order chi connectivity index (χ0) is 13.0. The number of carbonyl (C=O) groups excluding carboxylic acids is 1. The smallest absolute Gasteiger partial charge is 0.338 e. The molecule has 1 heterocycles. The van der Waals surface area contributed by atoms with Gasteiger partial charge < -0.3 is 14.7 Å². The first-order valence-electron chi connectivity index (χ1n) is 5.75. The lowest BCUT2D eigenvalue weighted by Gasteiger charge is -2.25. The first-order valence-corrected chi connectivity index (χ1v) is 5.75. The first-order chi connectivity index (χ1) is 8.76. The molecule has 0 aliphatic carbocycles. The van der Waals surface area contributed by atoms with Crippen molar-refractivity contribution in [3.8, 4) is 0 Å². The minimum absolute atomic E-state index is 0.264. The van der Waals surface area contributed by atoms with Gasteiger partial charge >= 0.3 is 5.97 Å². The minimum atomic E-state index is -0.387. The quantitative estimate of drug-likeness (QED) is 0.495. The molecule has 1 aromatic rings. The third-order valence-corrected chi connectivity index (χ3v) is 2.99. The van der Waals surface area contributed by atoms with Crippen molar-refractivity contribution in [2.75, 3.05) is 13.7 Å². The predicted molar refractivity (Wildman–Crippen MR) is 64.9 cm³/mol. The molecule has 18 heavy (non-hydrogen) atoms. The molecule has 1 N–H and O–H groups in total. The lowest BCUT2D eigenvalue weighted by molar-refractivity contribution is 0.0441. The SMILES string of the molecule is COC(=O)c1ccccc1C1CC(=NO)CCO1. The molecule has 2 rings (SSSR count). The fourth-order valence-electron chi connectivity index (χ4n) is 2.06. The Morgan fingerprint density at radius 3 is 3.00 bits per heavy atom. The van der Waals surface area contributed by atoms with Crippen LogP contribution in [0.25, 0.3) is 0 Å². The van der Waals surface area contributed by atoms with Gasteiger partial charge in [0, 0.05) is 12.8 Å². The second-order valence-corrected chi connectivity index (χ2v) is 4.06. The van der Waals surface area contributed by atoms with Crippen LogP contribution in [0.4, 0.5) is 0 Å². The molecular weight excluding hydrogens is 234 g/mol. The number of carbonyl (C=O) groups is 1. The molecule has 5 nitrogen and oxygen atoms in total. The van der Waals surface area contributed by atoms with Gasteiger partial charge in [-0.1, -0.05) is 23.4 Å². The maximum Gasteiger partial charge on any atom is 0.338 e. The van der Waals surface area contributed by atoms with E-state index in [0.717, 1.165) is 5.56 Å². The highest BCUT2D eigenvalue weighted by molar-refractivity contribution is 5.92. The molecule has 0 aromatic heterocycles. The Labute approximate surface area is 105 Å². The van der Waals surface area contributed by atoms with E-state index in [-0.39, 0.29) is 12.1 Å². The number of nitrogens with zero attached hydrogens (tertiary/aromatic N) is 1. The highest BCUT2D eigenvalue weighted by Crippen LogP contribution is 2.29. The van der Waals surface area contributed by atoms with Crippen LogP contribution in [0.2, 0.25) is 0 Å². The second kappa shape index (κ2) is 5.64. The van der Waals surface area contributed by atoms with Crippen LogP contribution < -0.4 is 0 Å². The van der Waals surface area contributed by atoms with Crippen LogP contribution >= 0.6 is 0 Å². The maximum atomic E-state index is 11.7. The van der Waals surface area contributed by atoms with Crippen molar-refractivity contribution in [3.05, 3.63) is 35.4 Å². The van der Waals surface area contributed by atoms with Gasteiger partial charge in [-0.2, -0.15) is 0 Å². The summed E-state index contributed by atoms with van der Waals surface area (Å²) in [6.07, 6.45) is 0.845. The molecule has 0 spiro atoms. The molecule has 1 aliphatic rings. The number of hydrogen-bond acceptors (Lipinski definition) is 5. The van der Waals surface area contributed by atoms with Crippen LogP contribution in [0.1, 0.15) is 34.9 Å². The van der Waals surface area contributed by atoms with E-state index in [0.29, 0.717) is 30.7 Å². The van der Waals surface area contributed by atoms with E-state index < -0.39 is 0 Å². The van der Waals surface area contributed by atoms with Crippen molar-refractivity contribution in [1.29, 1.82) is 0 Å². The number of rotatable bonds is 2. The van der Waals surface area contributed by atoms with Crippen LogP contribution in [0.3, 0.4) is 0 Å². The molecular formula is C13H15NO4. The normalized spacial score (nSPS) is 21.8. The summed E-state index contributed by atoms with van der Waals surface area (Å²) < 4.78 is 10.4. The van der Waals surface area contributed by atoms with Gasteiger partial charge in [0.2, 0.25) is 0 Å². The monoisotopic (exact) mass is 249 g/mol. The van der Waals surface area contributed by atoms with E-state index in [1.165, 1.54) is 7.11 Å². The van der Waals surface area contributed by atoms with Gasteiger partial charge in [-0.05, 0) is 11.6 Å². The highest BCUT2D eigenvalue weighted by atomic mass is 16.5. The van der Waals surface area contributed by atoms with Gasteiger partial charge in [0.1, 0.15) is 0 Å². The van der Waals surface area contributed by atoms with Crippen molar-refractivity contribution in [2.45, 2.75) is 18.9 Å². The fourth-order valence-corrected chi connectivity index (χ4v) is 2.06. The number of hydrogen-bond donors (Lipinski definition) is 1. The number of methoxy groups -OCH3 is 1. The van der Waals surface area contributed by atoms with Gasteiger partial charge in [-0.3, -0.25) is 0 Å². The lowest BCUT2D eigenvalue weighted by atomic mass is 9.96. The Hall–Kier alpha value is -1.88. The molecule has 1 aliphatic heterocycles. The zero-order valence-electron chi connectivity index (χ0n) is 10.1. The largest absolute Gasteiger partial charge is 0.465 e. The van der Waals surface area contributed by atoms with Crippen molar-refractivity contribution in [1.82, 2.24) is 0 Å². The number of oxime groups is 1. The Bertz CT molecular complexity index is 470. The van der Waals surface area contributed by atoms with E-state index in [1.807, 2.05) is 12.1 Å². The maximum absolute atomic E-state index is 11.7. The summed E-state index contributed by atoms with van der Waals surface area (Å²) in [4.78, 5) is 11.7. The average Bonchev–Trinajstić information content (AvgIpc) is 2.46. The summed E-state index contributed by atoms with van der Waals surface area (Å²) in [6, 6.07) is 7.15. The summed E-state index contributed by atoms with van der Waals surface area (Å²) in [5.41, 5.74) is 1.94. The van der Waals surface area contributed by atoms with E-state index >= 15 is 0 Å². The summed E-state index contributed by atoms with van der Waals surface area (Å²) in [5.74, 6) is -0.387. The Kier molecular flexibility index (Phi) is 3.94. The summed E-state index contributed by atoms with van der Waals surface area (Å²) >= 11 is 0. The van der Waals surface area contributed by atoms with E-state index in [2.05, 4.69) is 5.16 Å². The number of benzene rings is 1. The Balaban J connectivity index is 2.30. The van der Waals surface area contributed by atoms with E-state index in [4.69, 9.17) is 14.7 Å². The van der Waals surface area contributed by atoms with E-state index in [1.54, 1.807) is 12.1 Å². The second-order valence-electron chi connectivity index (χ2n) is 4.06. The molecule has 1 saturated heterocycles. The number of ether oxygens (including phenoxy) is 2. The molecule has 1 unspecified atom stereocenters. The average molecular weight is 249 g/mol. The summed E-state index contributed by atoms with van der Waals surface area (Å²) in [6.45, 7) is 0.486. The standard InChI is InChI=1S/C13H15NO4/c1-17-13(15)11-5-3-2-4-10(11)12-8-9(14-16)6-7-18-12/h2-5,12,16H,6-8H2,1H3. The molecule has 5 heteroatoms. The molecule has 1 atom stereocenters. The molecule has 96 valence electrons. The molecule has 0 amide bonds. The zero-order valence-corrected chi connectivity index (χ0v) is 10.1. The number of esters is 1. The van der Waals surface area contributed by atoms with Gasteiger partial charge in [0.05, 0.1) is 31.1 Å². The topological polar surface area (TPSA) is 68.1 Å².